The third-order valence-corrected chi connectivity index (χ3v) is 4.97. The highest BCUT2D eigenvalue weighted by Crippen LogP contribution is 2.16. The summed E-state index contributed by atoms with van der Waals surface area (Å²) in [7, 11) is -3.56. The van der Waals surface area contributed by atoms with E-state index in [1.54, 1.807) is 30.0 Å². The number of hydrogen-bond donors (Lipinski definition) is 2. The predicted molar refractivity (Wildman–Crippen MR) is 75.1 cm³/mol. The number of nitrogens with one attached hydrogen (secondary N) is 1. The molecule has 0 heterocycles. The Hall–Kier alpha value is -0.560. The first-order chi connectivity index (χ1) is 8.55. The fraction of sp³-hybridized carbons (Fsp3) is 0.500. The molecule has 0 spiro atoms. The standard InChI is InChI=1S/C12H19NO3S2/c1-3-11(9-17-2)13-18(15,16)12-7-5-4-6-10(12)8-14/h4-7,11,13-14H,3,8-9H2,1-2H3. The second-order valence-corrected chi connectivity index (χ2v) is 6.54. The first kappa shape index (κ1) is 15.5. The molecule has 1 unspecified atom stereocenters. The van der Waals surface area contributed by atoms with E-state index < -0.39 is 10.0 Å². The van der Waals surface area contributed by atoms with E-state index >= 15 is 0 Å². The van der Waals surface area contributed by atoms with Crippen molar-refractivity contribution in [1.29, 1.82) is 0 Å². The summed E-state index contributed by atoms with van der Waals surface area (Å²) < 4.78 is 27.1. The van der Waals surface area contributed by atoms with E-state index in [9.17, 15) is 13.5 Å². The fourth-order valence-corrected chi connectivity index (χ4v) is 3.99. The van der Waals surface area contributed by atoms with Crippen molar-refractivity contribution >= 4 is 21.8 Å². The minimum Gasteiger partial charge on any atom is -0.392 e. The summed E-state index contributed by atoms with van der Waals surface area (Å²) >= 11 is 1.60. The van der Waals surface area contributed by atoms with Crippen LogP contribution in [-0.4, -0.2) is 31.6 Å². The Balaban J connectivity index is 2.98. The van der Waals surface area contributed by atoms with Crippen LogP contribution in [0.1, 0.15) is 18.9 Å². The van der Waals surface area contributed by atoms with Gasteiger partial charge in [-0.05, 0) is 24.3 Å². The van der Waals surface area contributed by atoms with Gasteiger partial charge in [0, 0.05) is 11.8 Å². The molecule has 0 fully saturated rings. The lowest BCUT2D eigenvalue weighted by Gasteiger charge is -2.17. The summed E-state index contributed by atoms with van der Waals surface area (Å²) in [4.78, 5) is 0.159. The molecule has 1 aromatic carbocycles. The van der Waals surface area contributed by atoms with Crippen molar-refractivity contribution in [3.8, 4) is 0 Å². The van der Waals surface area contributed by atoms with Gasteiger partial charge in [0.05, 0.1) is 11.5 Å². The maximum Gasteiger partial charge on any atom is 0.241 e. The maximum atomic E-state index is 12.2. The highest BCUT2D eigenvalue weighted by Gasteiger charge is 2.21. The van der Waals surface area contributed by atoms with E-state index in [-0.39, 0.29) is 17.5 Å². The van der Waals surface area contributed by atoms with Gasteiger partial charge in [-0.1, -0.05) is 25.1 Å². The lowest BCUT2D eigenvalue weighted by atomic mass is 10.2. The molecule has 1 aromatic rings. The zero-order valence-electron chi connectivity index (χ0n) is 10.6. The van der Waals surface area contributed by atoms with E-state index in [0.717, 1.165) is 12.2 Å². The number of aliphatic hydroxyl groups excluding tert-OH is 1. The molecule has 0 saturated carbocycles. The largest absolute Gasteiger partial charge is 0.392 e. The van der Waals surface area contributed by atoms with Gasteiger partial charge in [0.1, 0.15) is 0 Å². The molecular weight excluding hydrogens is 270 g/mol. The van der Waals surface area contributed by atoms with Crippen molar-refractivity contribution in [2.45, 2.75) is 30.9 Å². The molecule has 1 atom stereocenters. The summed E-state index contributed by atoms with van der Waals surface area (Å²) in [5, 5.41) is 9.18. The molecule has 0 aromatic heterocycles. The third-order valence-electron chi connectivity index (χ3n) is 2.61. The van der Waals surface area contributed by atoms with Gasteiger partial charge in [-0.3, -0.25) is 0 Å². The van der Waals surface area contributed by atoms with Crippen LogP contribution in [0.4, 0.5) is 0 Å². The Labute approximate surface area is 113 Å². The quantitative estimate of drug-likeness (QED) is 0.800. The average molecular weight is 289 g/mol. The number of rotatable bonds is 7. The van der Waals surface area contributed by atoms with Crippen LogP contribution in [0.15, 0.2) is 29.2 Å². The van der Waals surface area contributed by atoms with Gasteiger partial charge in [0.2, 0.25) is 10.0 Å². The normalized spacial score (nSPS) is 13.5. The third kappa shape index (κ3) is 3.98. The van der Waals surface area contributed by atoms with Crippen molar-refractivity contribution < 1.29 is 13.5 Å². The van der Waals surface area contributed by atoms with Crippen LogP contribution >= 0.6 is 11.8 Å². The SMILES string of the molecule is CCC(CSC)NS(=O)(=O)c1ccccc1CO. The summed E-state index contributed by atoms with van der Waals surface area (Å²) in [6.07, 6.45) is 2.68. The van der Waals surface area contributed by atoms with Crippen LogP contribution in [0.5, 0.6) is 0 Å². The van der Waals surface area contributed by atoms with Crippen LogP contribution in [0, 0.1) is 0 Å². The van der Waals surface area contributed by atoms with E-state index in [4.69, 9.17) is 0 Å². The fourth-order valence-electron chi connectivity index (χ4n) is 1.62. The van der Waals surface area contributed by atoms with Crippen LogP contribution in [-0.2, 0) is 16.6 Å². The molecule has 0 aliphatic heterocycles. The van der Waals surface area contributed by atoms with Crippen molar-refractivity contribution in [2.75, 3.05) is 12.0 Å². The van der Waals surface area contributed by atoms with Crippen molar-refractivity contribution in [3.05, 3.63) is 29.8 Å². The second kappa shape index (κ2) is 7.13. The number of benzene rings is 1. The van der Waals surface area contributed by atoms with E-state index in [1.165, 1.54) is 6.07 Å². The van der Waals surface area contributed by atoms with Gasteiger partial charge in [-0.15, -0.1) is 0 Å². The molecule has 6 heteroatoms. The summed E-state index contributed by atoms with van der Waals surface area (Å²) in [5.41, 5.74) is 0.420. The Morgan fingerprint density at radius 2 is 2.06 bits per heavy atom. The monoisotopic (exact) mass is 289 g/mol. The van der Waals surface area contributed by atoms with Crippen molar-refractivity contribution in [3.63, 3.8) is 0 Å². The molecule has 0 amide bonds. The summed E-state index contributed by atoms with van der Waals surface area (Å²) in [5.74, 6) is 0.733. The van der Waals surface area contributed by atoms with Gasteiger partial charge in [-0.25, -0.2) is 13.1 Å². The molecular formula is C12H19NO3S2. The van der Waals surface area contributed by atoms with E-state index in [1.807, 2.05) is 13.2 Å². The van der Waals surface area contributed by atoms with Gasteiger partial charge in [0.15, 0.2) is 0 Å². The zero-order chi connectivity index (χ0) is 13.6. The zero-order valence-corrected chi connectivity index (χ0v) is 12.2. The highest BCUT2D eigenvalue weighted by atomic mass is 32.2. The molecule has 102 valence electrons. The molecule has 0 bridgehead atoms. The minimum absolute atomic E-state index is 0.0863. The van der Waals surface area contributed by atoms with E-state index in [2.05, 4.69) is 4.72 Å². The van der Waals surface area contributed by atoms with Crippen molar-refractivity contribution in [1.82, 2.24) is 4.72 Å². The molecule has 0 aliphatic carbocycles. The van der Waals surface area contributed by atoms with Crippen LogP contribution in [0.3, 0.4) is 0 Å². The second-order valence-electron chi connectivity index (χ2n) is 3.95. The molecule has 0 aliphatic rings. The van der Waals surface area contributed by atoms with Crippen LogP contribution in [0.25, 0.3) is 0 Å². The Morgan fingerprint density at radius 3 is 2.61 bits per heavy atom. The molecule has 0 saturated heterocycles. The van der Waals surface area contributed by atoms with Gasteiger partial charge < -0.3 is 5.11 Å². The number of thioether (sulfide) groups is 1. The Kier molecular flexibility index (Phi) is 6.14. The molecule has 1 rings (SSSR count). The summed E-state index contributed by atoms with van der Waals surface area (Å²) in [6, 6.07) is 6.41. The Bertz CT molecular complexity index is 474. The number of aliphatic hydroxyl groups is 1. The minimum atomic E-state index is -3.56. The summed E-state index contributed by atoms with van der Waals surface area (Å²) in [6.45, 7) is 1.66. The number of hydrogen-bond acceptors (Lipinski definition) is 4. The van der Waals surface area contributed by atoms with Gasteiger partial charge in [-0.2, -0.15) is 11.8 Å². The average Bonchev–Trinajstić information content (AvgIpc) is 2.38. The van der Waals surface area contributed by atoms with Crippen LogP contribution in [0.2, 0.25) is 0 Å². The number of sulfonamides is 1. The first-order valence-electron chi connectivity index (χ1n) is 5.75. The first-order valence-corrected chi connectivity index (χ1v) is 8.62. The van der Waals surface area contributed by atoms with Crippen molar-refractivity contribution in [2.24, 2.45) is 0 Å². The lowest BCUT2D eigenvalue weighted by Crippen LogP contribution is -2.36. The Morgan fingerprint density at radius 1 is 1.39 bits per heavy atom. The van der Waals surface area contributed by atoms with Gasteiger partial charge >= 0.3 is 0 Å². The maximum absolute atomic E-state index is 12.2. The molecule has 18 heavy (non-hydrogen) atoms. The highest BCUT2D eigenvalue weighted by molar-refractivity contribution is 7.98. The molecule has 4 nitrogen and oxygen atoms in total. The topological polar surface area (TPSA) is 66.4 Å². The predicted octanol–water partition coefficient (Wildman–Crippen LogP) is 1.60. The van der Waals surface area contributed by atoms with Crippen LogP contribution < -0.4 is 4.72 Å². The lowest BCUT2D eigenvalue weighted by molar-refractivity contribution is 0.278. The van der Waals surface area contributed by atoms with Gasteiger partial charge in [0.25, 0.3) is 0 Å². The smallest absolute Gasteiger partial charge is 0.241 e. The molecule has 0 radical (unpaired) electrons. The molecule has 2 N–H and O–H groups in total. The van der Waals surface area contributed by atoms with E-state index in [0.29, 0.717) is 5.56 Å².